The highest BCUT2D eigenvalue weighted by molar-refractivity contribution is 5.88. The monoisotopic (exact) mass is 284 g/mol. The van der Waals surface area contributed by atoms with Crippen molar-refractivity contribution in [1.29, 1.82) is 5.26 Å². The Morgan fingerprint density at radius 1 is 1.35 bits per heavy atom. The van der Waals surface area contributed by atoms with Crippen LogP contribution in [0.1, 0.15) is 44.4 Å². The van der Waals surface area contributed by atoms with Crippen LogP contribution in [0.5, 0.6) is 0 Å². The van der Waals surface area contributed by atoms with Gasteiger partial charge in [0.1, 0.15) is 5.92 Å². The third kappa shape index (κ3) is 4.34. The molecule has 0 aliphatic carbocycles. The van der Waals surface area contributed by atoms with Crippen LogP contribution in [0.4, 0.5) is 13.2 Å². The van der Waals surface area contributed by atoms with E-state index >= 15 is 0 Å². The van der Waals surface area contributed by atoms with Crippen LogP contribution in [-0.4, -0.2) is 10.8 Å². The maximum atomic E-state index is 12.4. The number of alkyl halides is 3. The normalized spacial score (nSPS) is 13.7. The molecule has 3 nitrogen and oxygen atoms in total. The van der Waals surface area contributed by atoms with E-state index in [1.54, 1.807) is 6.07 Å². The van der Waals surface area contributed by atoms with Gasteiger partial charge in [0.05, 0.1) is 17.3 Å². The van der Waals surface area contributed by atoms with E-state index in [-0.39, 0.29) is 23.3 Å². The van der Waals surface area contributed by atoms with Gasteiger partial charge in [0, 0.05) is 12.6 Å². The molecule has 0 N–H and O–H groups in total. The van der Waals surface area contributed by atoms with Crippen molar-refractivity contribution in [2.24, 2.45) is 5.41 Å². The summed E-state index contributed by atoms with van der Waals surface area (Å²) in [4.78, 5) is 15.6. The molecule has 0 fully saturated rings. The predicted molar refractivity (Wildman–Crippen MR) is 66.7 cm³/mol. The third-order valence-electron chi connectivity index (χ3n) is 2.57. The number of halogens is 3. The van der Waals surface area contributed by atoms with Crippen molar-refractivity contribution in [3.05, 3.63) is 29.6 Å². The zero-order valence-corrected chi connectivity index (χ0v) is 11.5. The second-order valence-corrected chi connectivity index (χ2v) is 5.74. The minimum absolute atomic E-state index is 0.0507. The summed E-state index contributed by atoms with van der Waals surface area (Å²) in [7, 11) is 0. The van der Waals surface area contributed by atoms with E-state index in [0.717, 1.165) is 12.1 Å². The van der Waals surface area contributed by atoms with Gasteiger partial charge in [-0.05, 0) is 17.5 Å². The number of hydrogen-bond acceptors (Lipinski definition) is 3. The Morgan fingerprint density at radius 2 is 1.95 bits per heavy atom. The van der Waals surface area contributed by atoms with Crippen LogP contribution < -0.4 is 0 Å². The van der Waals surface area contributed by atoms with Crippen LogP contribution >= 0.6 is 0 Å². The lowest BCUT2D eigenvalue weighted by molar-refractivity contribution is -0.137. The SMILES string of the molecule is CC(C)(C)CC(=O)[C@H](C#N)c1ccc(C(F)(F)F)cn1. The van der Waals surface area contributed by atoms with Crippen molar-refractivity contribution in [2.75, 3.05) is 0 Å². The van der Waals surface area contributed by atoms with Gasteiger partial charge in [0.2, 0.25) is 0 Å². The average Bonchev–Trinajstić information content (AvgIpc) is 2.27. The molecular formula is C14H15F3N2O. The van der Waals surface area contributed by atoms with Crippen LogP contribution in [0.3, 0.4) is 0 Å². The molecule has 0 bridgehead atoms. The topological polar surface area (TPSA) is 53.8 Å². The van der Waals surface area contributed by atoms with Gasteiger partial charge >= 0.3 is 6.18 Å². The summed E-state index contributed by atoms with van der Waals surface area (Å²) < 4.78 is 37.2. The Balaban J connectivity index is 2.98. The van der Waals surface area contributed by atoms with Gasteiger partial charge in [-0.2, -0.15) is 18.4 Å². The molecular weight excluding hydrogens is 269 g/mol. The first-order valence-electron chi connectivity index (χ1n) is 6.00. The minimum atomic E-state index is -4.48. The van der Waals surface area contributed by atoms with Gasteiger partial charge in [-0.25, -0.2) is 0 Å². The third-order valence-corrected chi connectivity index (χ3v) is 2.57. The molecule has 1 heterocycles. The van der Waals surface area contributed by atoms with Gasteiger partial charge in [0.15, 0.2) is 5.78 Å². The number of pyridine rings is 1. The molecule has 0 radical (unpaired) electrons. The molecule has 0 saturated heterocycles. The number of rotatable bonds is 3. The van der Waals surface area contributed by atoms with Crippen LogP contribution in [0, 0.1) is 16.7 Å². The number of nitriles is 1. The summed E-state index contributed by atoms with van der Waals surface area (Å²) in [5.41, 5.74) is -1.14. The van der Waals surface area contributed by atoms with E-state index in [1.807, 2.05) is 20.8 Å². The summed E-state index contributed by atoms with van der Waals surface area (Å²) in [5.74, 6) is -1.47. The first-order chi connectivity index (χ1) is 9.04. The summed E-state index contributed by atoms with van der Waals surface area (Å²) in [6.07, 6.45) is -3.68. The number of ketones is 1. The van der Waals surface area contributed by atoms with Crippen molar-refractivity contribution in [2.45, 2.75) is 39.3 Å². The number of hydrogen-bond donors (Lipinski definition) is 0. The first-order valence-corrected chi connectivity index (χ1v) is 6.00. The van der Waals surface area contributed by atoms with E-state index in [0.29, 0.717) is 6.20 Å². The lowest BCUT2D eigenvalue weighted by Gasteiger charge is -2.18. The molecule has 108 valence electrons. The molecule has 6 heteroatoms. The molecule has 0 unspecified atom stereocenters. The molecule has 1 rings (SSSR count). The molecule has 0 aliphatic heterocycles. The second kappa shape index (κ2) is 5.61. The Bertz CT molecular complexity index is 521. The van der Waals surface area contributed by atoms with Gasteiger partial charge < -0.3 is 0 Å². The zero-order valence-electron chi connectivity index (χ0n) is 11.5. The van der Waals surface area contributed by atoms with E-state index in [1.165, 1.54) is 0 Å². The summed E-state index contributed by atoms with van der Waals surface area (Å²) in [5, 5.41) is 9.04. The van der Waals surface area contributed by atoms with Gasteiger partial charge in [-0.15, -0.1) is 0 Å². The van der Waals surface area contributed by atoms with Crippen molar-refractivity contribution < 1.29 is 18.0 Å². The lowest BCUT2D eigenvalue weighted by Crippen LogP contribution is -2.19. The van der Waals surface area contributed by atoms with Crippen LogP contribution in [-0.2, 0) is 11.0 Å². The van der Waals surface area contributed by atoms with Crippen LogP contribution in [0.2, 0.25) is 0 Å². The molecule has 0 saturated carbocycles. The first kappa shape index (κ1) is 16.2. The Kier molecular flexibility index (Phi) is 4.53. The number of Topliss-reactive ketones (excluding diaryl/α,β-unsaturated/α-hetero) is 1. The van der Waals surface area contributed by atoms with Gasteiger partial charge in [0.25, 0.3) is 0 Å². The highest BCUT2D eigenvalue weighted by Gasteiger charge is 2.32. The maximum Gasteiger partial charge on any atom is 0.417 e. The average molecular weight is 284 g/mol. The zero-order chi connectivity index (χ0) is 15.6. The van der Waals surface area contributed by atoms with Crippen LogP contribution in [0.25, 0.3) is 0 Å². The molecule has 1 atom stereocenters. The number of aromatic nitrogens is 1. The fourth-order valence-electron chi connectivity index (χ4n) is 1.67. The Hall–Kier alpha value is -1.90. The van der Waals surface area contributed by atoms with E-state index in [9.17, 15) is 18.0 Å². The van der Waals surface area contributed by atoms with Crippen LogP contribution in [0.15, 0.2) is 18.3 Å². The molecule has 20 heavy (non-hydrogen) atoms. The molecule has 0 aliphatic rings. The Labute approximate surface area is 115 Å². The van der Waals surface area contributed by atoms with Crippen molar-refractivity contribution in [3.63, 3.8) is 0 Å². The quantitative estimate of drug-likeness (QED) is 0.850. The fraction of sp³-hybridized carbons (Fsp3) is 0.500. The summed E-state index contributed by atoms with van der Waals surface area (Å²) >= 11 is 0. The van der Waals surface area contributed by atoms with E-state index in [4.69, 9.17) is 5.26 Å². The molecule has 1 aromatic rings. The molecule has 1 aromatic heterocycles. The van der Waals surface area contributed by atoms with Gasteiger partial charge in [-0.1, -0.05) is 20.8 Å². The number of nitrogens with zero attached hydrogens (tertiary/aromatic N) is 2. The van der Waals surface area contributed by atoms with E-state index in [2.05, 4.69) is 4.98 Å². The minimum Gasteiger partial charge on any atom is -0.298 e. The highest BCUT2D eigenvalue weighted by Crippen LogP contribution is 2.30. The summed E-state index contributed by atoms with van der Waals surface area (Å²) in [6.45, 7) is 5.54. The van der Waals surface area contributed by atoms with E-state index < -0.39 is 17.7 Å². The second-order valence-electron chi connectivity index (χ2n) is 5.74. The smallest absolute Gasteiger partial charge is 0.298 e. The predicted octanol–water partition coefficient (Wildman–Crippen LogP) is 3.71. The summed E-state index contributed by atoms with van der Waals surface area (Å²) in [6, 6.07) is 3.72. The Morgan fingerprint density at radius 3 is 2.30 bits per heavy atom. The van der Waals surface area contributed by atoms with Crippen molar-refractivity contribution in [3.8, 4) is 6.07 Å². The number of carbonyl (C=O) groups is 1. The fourth-order valence-corrected chi connectivity index (χ4v) is 1.67. The highest BCUT2D eigenvalue weighted by atomic mass is 19.4. The van der Waals surface area contributed by atoms with Gasteiger partial charge in [-0.3, -0.25) is 9.78 Å². The standard InChI is InChI=1S/C14H15F3N2O/c1-13(2,3)6-12(20)10(7-18)11-5-4-9(8-19-11)14(15,16)17/h4-5,8,10H,6H2,1-3H3/t10-/m1/s1. The number of carbonyl (C=O) groups excluding carboxylic acids is 1. The molecule has 0 aromatic carbocycles. The largest absolute Gasteiger partial charge is 0.417 e. The van der Waals surface area contributed by atoms with Crippen molar-refractivity contribution in [1.82, 2.24) is 4.98 Å². The lowest BCUT2D eigenvalue weighted by atomic mass is 9.85. The molecule has 0 amide bonds. The van der Waals surface area contributed by atoms with Crippen molar-refractivity contribution >= 4 is 5.78 Å². The maximum absolute atomic E-state index is 12.4. The molecule has 0 spiro atoms.